The quantitative estimate of drug-likeness (QED) is 0.771. The summed E-state index contributed by atoms with van der Waals surface area (Å²) in [7, 11) is 0. The van der Waals surface area contributed by atoms with Gasteiger partial charge in [-0.15, -0.1) is 0 Å². The molecular formula is C10H7F3O2. The highest BCUT2D eigenvalue weighted by atomic mass is 19.4. The molecule has 0 unspecified atom stereocenters. The predicted octanol–water partition coefficient (Wildman–Crippen LogP) is 2.54. The minimum atomic E-state index is -4.84. The molecule has 0 fully saturated rings. The summed E-state index contributed by atoms with van der Waals surface area (Å²) in [5.41, 5.74) is 0.408. The van der Waals surface area contributed by atoms with Crippen LogP contribution in [0.3, 0.4) is 0 Å². The molecule has 0 aliphatic carbocycles. The Morgan fingerprint density at radius 2 is 1.73 bits per heavy atom. The zero-order valence-corrected chi connectivity index (χ0v) is 7.45. The fourth-order valence-electron chi connectivity index (χ4n) is 0.852. The molecule has 80 valence electrons. The van der Waals surface area contributed by atoms with Gasteiger partial charge in [-0.25, -0.2) is 0 Å². The molecule has 2 nitrogen and oxygen atoms in total. The van der Waals surface area contributed by atoms with Gasteiger partial charge in [-0.3, -0.25) is 4.79 Å². The number of hydrogen-bond donors (Lipinski definition) is 1. The van der Waals surface area contributed by atoms with Gasteiger partial charge in [0, 0.05) is 0 Å². The van der Waals surface area contributed by atoms with Gasteiger partial charge in [0.15, 0.2) is 0 Å². The predicted molar refractivity (Wildman–Crippen MR) is 48.2 cm³/mol. The Bertz CT molecular complexity index is 377. The van der Waals surface area contributed by atoms with Crippen LogP contribution in [0.15, 0.2) is 30.3 Å². The number of halogens is 3. The molecule has 0 heterocycles. The van der Waals surface area contributed by atoms with E-state index in [2.05, 4.69) is 0 Å². The van der Waals surface area contributed by atoms with Gasteiger partial charge in [0.25, 0.3) is 5.78 Å². The normalized spacial score (nSPS) is 11.9. The lowest BCUT2D eigenvalue weighted by Gasteiger charge is -1.99. The third-order valence-electron chi connectivity index (χ3n) is 1.60. The van der Waals surface area contributed by atoms with Crippen LogP contribution in [0, 0.1) is 0 Å². The standard InChI is InChI=1S/C10H7F3O2/c11-10(12,13)9(15)6-3-7-1-4-8(14)5-2-7/h1-6,14H. The highest BCUT2D eigenvalue weighted by molar-refractivity contribution is 5.97. The van der Waals surface area contributed by atoms with Crippen LogP contribution in [-0.2, 0) is 4.79 Å². The number of benzene rings is 1. The van der Waals surface area contributed by atoms with Crippen molar-refractivity contribution >= 4 is 11.9 Å². The number of rotatable bonds is 2. The molecule has 0 radical (unpaired) electrons. The molecule has 1 rings (SSSR count). The van der Waals surface area contributed by atoms with E-state index in [-0.39, 0.29) is 5.75 Å². The van der Waals surface area contributed by atoms with Crippen LogP contribution in [0.2, 0.25) is 0 Å². The number of phenolic OH excluding ortho intramolecular Hbond substituents is 1. The van der Waals surface area contributed by atoms with Crippen LogP contribution in [0.25, 0.3) is 6.08 Å². The first-order valence-corrected chi connectivity index (χ1v) is 3.98. The Labute approximate surface area is 83.7 Å². The van der Waals surface area contributed by atoms with Crippen molar-refractivity contribution in [2.75, 3.05) is 0 Å². The van der Waals surface area contributed by atoms with Gasteiger partial charge in [-0.2, -0.15) is 13.2 Å². The highest BCUT2D eigenvalue weighted by Gasteiger charge is 2.35. The van der Waals surface area contributed by atoms with E-state index in [1.807, 2.05) is 0 Å². The Balaban J connectivity index is 2.74. The van der Waals surface area contributed by atoms with E-state index < -0.39 is 12.0 Å². The van der Waals surface area contributed by atoms with E-state index >= 15 is 0 Å². The van der Waals surface area contributed by atoms with E-state index in [1.54, 1.807) is 0 Å². The van der Waals surface area contributed by atoms with Crippen LogP contribution in [0.4, 0.5) is 13.2 Å². The number of aromatic hydroxyl groups is 1. The summed E-state index contributed by atoms with van der Waals surface area (Å²) in [6.45, 7) is 0. The molecule has 1 aromatic rings. The molecule has 15 heavy (non-hydrogen) atoms. The van der Waals surface area contributed by atoms with Crippen molar-refractivity contribution in [3.05, 3.63) is 35.9 Å². The zero-order valence-electron chi connectivity index (χ0n) is 7.45. The van der Waals surface area contributed by atoms with Crippen LogP contribution in [0.5, 0.6) is 5.75 Å². The van der Waals surface area contributed by atoms with Gasteiger partial charge in [0.05, 0.1) is 0 Å². The lowest BCUT2D eigenvalue weighted by Crippen LogP contribution is -2.19. The summed E-state index contributed by atoms with van der Waals surface area (Å²) >= 11 is 0. The number of carbonyl (C=O) groups is 1. The summed E-state index contributed by atoms with van der Waals surface area (Å²) < 4.78 is 35.3. The van der Waals surface area contributed by atoms with Crippen molar-refractivity contribution in [1.29, 1.82) is 0 Å². The SMILES string of the molecule is O=C(C=Cc1ccc(O)cc1)C(F)(F)F. The van der Waals surface area contributed by atoms with Crippen LogP contribution >= 0.6 is 0 Å². The smallest absolute Gasteiger partial charge is 0.454 e. The third kappa shape index (κ3) is 3.46. The fourth-order valence-corrected chi connectivity index (χ4v) is 0.852. The number of allylic oxidation sites excluding steroid dienone is 1. The second kappa shape index (κ2) is 4.16. The fraction of sp³-hybridized carbons (Fsp3) is 0.100. The lowest BCUT2D eigenvalue weighted by atomic mass is 10.2. The minimum absolute atomic E-state index is 0.00861. The number of phenols is 1. The van der Waals surface area contributed by atoms with Crippen molar-refractivity contribution in [2.24, 2.45) is 0 Å². The Morgan fingerprint density at radius 3 is 2.20 bits per heavy atom. The maximum Gasteiger partial charge on any atom is 0.454 e. The van der Waals surface area contributed by atoms with Gasteiger partial charge < -0.3 is 5.11 Å². The molecule has 0 amide bonds. The van der Waals surface area contributed by atoms with Gasteiger partial charge >= 0.3 is 6.18 Å². The van der Waals surface area contributed by atoms with Crippen LogP contribution < -0.4 is 0 Å². The van der Waals surface area contributed by atoms with Gasteiger partial charge in [0.2, 0.25) is 0 Å². The van der Waals surface area contributed by atoms with E-state index in [0.717, 1.165) is 6.08 Å². The first-order valence-electron chi connectivity index (χ1n) is 3.98. The largest absolute Gasteiger partial charge is 0.508 e. The molecule has 0 saturated heterocycles. The summed E-state index contributed by atoms with van der Waals surface area (Å²) in [6.07, 6.45) is -3.35. The number of hydrogen-bond acceptors (Lipinski definition) is 2. The highest BCUT2D eigenvalue weighted by Crippen LogP contribution is 2.17. The Hall–Kier alpha value is -1.78. The van der Waals surface area contributed by atoms with E-state index in [4.69, 9.17) is 5.11 Å². The van der Waals surface area contributed by atoms with E-state index in [1.165, 1.54) is 24.3 Å². The molecule has 0 atom stereocenters. The van der Waals surface area contributed by atoms with Crippen molar-refractivity contribution in [3.8, 4) is 5.75 Å². The zero-order chi connectivity index (χ0) is 11.5. The van der Waals surface area contributed by atoms with Crippen LogP contribution in [-0.4, -0.2) is 17.1 Å². The Kier molecular flexibility index (Phi) is 3.14. The molecule has 0 saturated carbocycles. The monoisotopic (exact) mass is 216 g/mol. The first kappa shape index (κ1) is 11.3. The average Bonchev–Trinajstić information content (AvgIpc) is 2.15. The molecular weight excluding hydrogens is 209 g/mol. The van der Waals surface area contributed by atoms with Crippen molar-refractivity contribution in [1.82, 2.24) is 0 Å². The topological polar surface area (TPSA) is 37.3 Å². The third-order valence-corrected chi connectivity index (χ3v) is 1.60. The van der Waals surface area contributed by atoms with Crippen molar-refractivity contribution < 1.29 is 23.1 Å². The number of alkyl halides is 3. The minimum Gasteiger partial charge on any atom is -0.508 e. The summed E-state index contributed by atoms with van der Waals surface area (Å²) in [6, 6.07) is 5.43. The first-order chi connectivity index (χ1) is 6.89. The van der Waals surface area contributed by atoms with Gasteiger partial charge in [-0.05, 0) is 23.8 Å². The van der Waals surface area contributed by atoms with Crippen LogP contribution in [0.1, 0.15) is 5.56 Å². The molecule has 1 aromatic carbocycles. The summed E-state index contributed by atoms with van der Waals surface area (Å²) in [5.74, 6) is -1.90. The second-order valence-electron chi connectivity index (χ2n) is 2.79. The maximum absolute atomic E-state index is 11.8. The van der Waals surface area contributed by atoms with E-state index in [9.17, 15) is 18.0 Å². The summed E-state index contributed by atoms with van der Waals surface area (Å²) in [4.78, 5) is 10.4. The number of carbonyl (C=O) groups excluding carboxylic acids is 1. The molecule has 0 bridgehead atoms. The van der Waals surface area contributed by atoms with Gasteiger partial charge in [-0.1, -0.05) is 18.2 Å². The number of ketones is 1. The molecule has 5 heteroatoms. The van der Waals surface area contributed by atoms with Gasteiger partial charge in [0.1, 0.15) is 5.75 Å². The molecule has 0 aromatic heterocycles. The lowest BCUT2D eigenvalue weighted by molar-refractivity contribution is -0.165. The average molecular weight is 216 g/mol. The molecule has 0 aliphatic heterocycles. The molecule has 0 aliphatic rings. The molecule has 1 N–H and O–H groups in total. The Morgan fingerprint density at radius 1 is 1.20 bits per heavy atom. The molecule has 0 spiro atoms. The van der Waals surface area contributed by atoms with E-state index in [0.29, 0.717) is 11.6 Å². The van der Waals surface area contributed by atoms with Crippen molar-refractivity contribution in [2.45, 2.75) is 6.18 Å². The van der Waals surface area contributed by atoms with Crippen molar-refractivity contribution in [3.63, 3.8) is 0 Å². The summed E-state index contributed by atoms with van der Waals surface area (Å²) in [5, 5.41) is 8.89. The maximum atomic E-state index is 11.8. The second-order valence-corrected chi connectivity index (χ2v) is 2.79.